The van der Waals surface area contributed by atoms with Crippen LogP contribution < -0.4 is 0 Å². The quantitative estimate of drug-likeness (QED) is 0.162. The maximum Gasteiger partial charge on any atom is 0.135 e. The van der Waals surface area contributed by atoms with E-state index in [9.17, 15) is 0 Å². The number of hydrogen-bond acceptors (Lipinski definition) is 1. The Hall–Kier alpha value is -8.26. The molecule has 0 aliphatic carbocycles. The molecule has 0 fully saturated rings. The topological polar surface area (TPSA) is 13.1 Å². The summed E-state index contributed by atoms with van der Waals surface area (Å²) >= 11 is 0. The van der Waals surface area contributed by atoms with Gasteiger partial charge in [0.1, 0.15) is 11.2 Å². The van der Waals surface area contributed by atoms with Crippen LogP contribution in [0.4, 0.5) is 0 Å². The number of furan rings is 1. The second-order valence-electron chi connectivity index (χ2n) is 17.2. The van der Waals surface area contributed by atoms with Crippen LogP contribution >= 0.6 is 0 Å². The summed E-state index contributed by atoms with van der Waals surface area (Å²) in [6.07, 6.45) is 0. The standard InChI is InChI=1S/C62H36O/c1-2-10-47-37(9-1)17-18-38-19-24-46-36-55(52-15-7-8-16-54(52)62(46)61(38)47)45-23-22-39-31-40(20-21-41(39)32-45)43-26-29-59-57(34-43)58-35-44(27-30-60(58)63-59)42-25-28-53-50-13-4-3-11-48(50)49-12-5-6-14-51(49)56(53)33-42/h1-36H. The fourth-order valence-electron chi connectivity index (χ4n) is 10.7. The molecule has 0 N–H and O–H groups in total. The second-order valence-corrected chi connectivity index (χ2v) is 17.2. The van der Waals surface area contributed by atoms with Crippen LogP contribution in [0.25, 0.3) is 141 Å². The molecule has 1 nitrogen and oxygen atoms in total. The summed E-state index contributed by atoms with van der Waals surface area (Å²) in [5, 5.41) is 22.7. The Balaban J connectivity index is 0.854. The summed E-state index contributed by atoms with van der Waals surface area (Å²) in [5.41, 5.74) is 9.01. The lowest BCUT2D eigenvalue weighted by atomic mass is 9.88. The van der Waals surface area contributed by atoms with Crippen molar-refractivity contribution in [2.24, 2.45) is 0 Å². The largest absolute Gasteiger partial charge is 0.456 e. The van der Waals surface area contributed by atoms with Gasteiger partial charge in [-0.25, -0.2) is 0 Å². The first-order valence-corrected chi connectivity index (χ1v) is 21.8. The van der Waals surface area contributed by atoms with Gasteiger partial charge in [-0.2, -0.15) is 0 Å². The van der Waals surface area contributed by atoms with Crippen LogP contribution in [0.2, 0.25) is 0 Å². The summed E-state index contributed by atoms with van der Waals surface area (Å²) < 4.78 is 6.43. The van der Waals surface area contributed by atoms with Crippen LogP contribution in [0.15, 0.2) is 223 Å². The first-order chi connectivity index (χ1) is 31.2. The fourth-order valence-corrected chi connectivity index (χ4v) is 10.7. The van der Waals surface area contributed by atoms with Crippen molar-refractivity contribution in [1.82, 2.24) is 0 Å². The minimum absolute atomic E-state index is 0.899. The maximum atomic E-state index is 6.43. The molecule has 0 unspecified atom stereocenters. The molecule has 0 aliphatic rings. The van der Waals surface area contributed by atoms with E-state index in [1.54, 1.807) is 0 Å². The molecule has 1 heteroatoms. The average Bonchev–Trinajstić information content (AvgIpc) is 3.73. The molecule has 0 atom stereocenters. The van der Waals surface area contributed by atoms with Crippen LogP contribution in [-0.2, 0) is 0 Å². The van der Waals surface area contributed by atoms with Crippen LogP contribution in [-0.4, -0.2) is 0 Å². The molecule has 14 aromatic rings. The van der Waals surface area contributed by atoms with E-state index in [1.807, 2.05) is 0 Å². The zero-order valence-corrected chi connectivity index (χ0v) is 34.2. The lowest BCUT2D eigenvalue weighted by Gasteiger charge is -2.15. The molecule has 63 heavy (non-hydrogen) atoms. The van der Waals surface area contributed by atoms with Gasteiger partial charge >= 0.3 is 0 Å². The van der Waals surface area contributed by atoms with Crippen molar-refractivity contribution in [3.8, 4) is 33.4 Å². The van der Waals surface area contributed by atoms with Gasteiger partial charge in [-0.05, 0) is 168 Å². The number of rotatable bonds is 3. The van der Waals surface area contributed by atoms with Crippen molar-refractivity contribution in [2.45, 2.75) is 0 Å². The van der Waals surface area contributed by atoms with E-state index in [-0.39, 0.29) is 0 Å². The third-order valence-corrected chi connectivity index (χ3v) is 13.8. The van der Waals surface area contributed by atoms with Crippen LogP contribution in [0.1, 0.15) is 0 Å². The maximum absolute atomic E-state index is 6.43. The molecule has 0 amide bonds. The predicted octanol–water partition coefficient (Wildman–Crippen LogP) is 17.8. The molecule has 0 saturated heterocycles. The summed E-state index contributed by atoms with van der Waals surface area (Å²) in [6, 6.07) is 80.7. The van der Waals surface area contributed by atoms with Crippen molar-refractivity contribution < 1.29 is 4.42 Å². The molecule has 1 aromatic heterocycles. The lowest BCUT2D eigenvalue weighted by molar-refractivity contribution is 0.669. The molecule has 0 aliphatic heterocycles. The Bertz CT molecular complexity index is 4230. The van der Waals surface area contributed by atoms with Crippen molar-refractivity contribution in [3.63, 3.8) is 0 Å². The molecule has 1 heterocycles. The summed E-state index contributed by atoms with van der Waals surface area (Å²) in [5.74, 6) is 0. The zero-order valence-electron chi connectivity index (χ0n) is 34.2. The fraction of sp³-hybridized carbons (Fsp3) is 0. The highest BCUT2D eigenvalue weighted by molar-refractivity contribution is 6.29. The second kappa shape index (κ2) is 13.1. The van der Waals surface area contributed by atoms with Gasteiger partial charge in [0, 0.05) is 10.8 Å². The zero-order chi connectivity index (χ0) is 41.2. The molecule has 0 spiro atoms. The number of hydrogen-bond donors (Lipinski definition) is 0. The van der Waals surface area contributed by atoms with E-state index in [1.165, 1.54) is 120 Å². The molecule has 14 rings (SSSR count). The van der Waals surface area contributed by atoms with E-state index in [0.717, 1.165) is 21.9 Å². The molecule has 0 radical (unpaired) electrons. The third-order valence-electron chi connectivity index (χ3n) is 13.8. The van der Waals surface area contributed by atoms with E-state index >= 15 is 0 Å². The summed E-state index contributed by atoms with van der Waals surface area (Å²) in [7, 11) is 0. The van der Waals surface area contributed by atoms with Gasteiger partial charge < -0.3 is 4.42 Å². The monoisotopic (exact) mass is 796 g/mol. The molecule has 290 valence electrons. The third kappa shape index (κ3) is 5.17. The molecule has 0 bridgehead atoms. The van der Waals surface area contributed by atoms with Gasteiger partial charge in [-0.3, -0.25) is 0 Å². The highest BCUT2D eigenvalue weighted by Gasteiger charge is 2.16. The van der Waals surface area contributed by atoms with Crippen LogP contribution in [0.3, 0.4) is 0 Å². The first-order valence-electron chi connectivity index (χ1n) is 21.8. The predicted molar refractivity (Wildman–Crippen MR) is 270 cm³/mol. The molecule has 0 saturated carbocycles. The lowest BCUT2D eigenvalue weighted by Crippen LogP contribution is -1.88. The van der Waals surface area contributed by atoms with Crippen LogP contribution in [0, 0.1) is 0 Å². The van der Waals surface area contributed by atoms with E-state index in [4.69, 9.17) is 4.42 Å². The highest BCUT2D eigenvalue weighted by atomic mass is 16.3. The first kappa shape index (κ1) is 34.5. The normalized spacial score (nSPS) is 12.1. The van der Waals surface area contributed by atoms with Crippen molar-refractivity contribution >= 4 is 108 Å². The minimum Gasteiger partial charge on any atom is -0.456 e. The van der Waals surface area contributed by atoms with Gasteiger partial charge in [0.15, 0.2) is 0 Å². The summed E-state index contributed by atoms with van der Waals surface area (Å²) in [4.78, 5) is 0. The Morgan fingerprint density at radius 1 is 0.206 bits per heavy atom. The summed E-state index contributed by atoms with van der Waals surface area (Å²) in [6.45, 7) is 0. The van der Waals surface area contributed by atoms with Crippen molar-refractivity contribution in [2.75, 3.05) is 0 Å². The Kier molecular flexibility index (Phi) is 7.17. The Morgan fingerprint density at radius 2 is 0.619 bits per heavy atom. The van der Waals surface area contributed by atoms with Gasteiger partial charge in [-0.1, -0.05) is 170 Å². The number of fused-ring (bicyclic) bond motifs is 17. The Morgan fingerprint density at radius 3 is 1.29 bits per heavy atom. The Labute approximate surface area is 362 Å². The molecule has 13 aromatic carbocycles. The van der Waals surface area contributed by atoms with Gasteiger partial charge in [0.05, 0.1) is 0 Å². The average molecular weight is 797 g/mol. The van der Waals surface area contributed by atoms with E-state index in [2.05, 4.69) is 218 Å². The SMILES string of the molecule is c1ccc2c(c1)ccc1ccc3cc(-c4ccc5cc(-c6ccc7oc8ccc(-c9ccc%10c%11ccccc%11c%11ccccc%11c%10c9)cc8c7c6)ccc5c4)c4ccccc4c3c12. The van der Waals surface area contributed by atoms with Crippen molar-refractivity contribution in [3.05, 3.63) is 218 Å². The van der Waals surface area contributed by atoms with Crippen LogP contribution in [0.5, 0.6) is 0 Å². The van der Waals surface area contributed by atoms with Crippen molar-refractivity contribution in [1.29, 1.82) is 0 Å². The smallest absolute Gasteiger partial charge is 0.135 e. The number of benzene rings is 13. The minimum atomic E-state index is 0.899. The highest BCUT2D eigenvalue weighted by Crippen LogP contribution is 2.43. The van der Waals surface area contributed by atoms with Gasteiger partial charge in [-0.15, -0.1) is 0 Å². The van der Waals surface area contributed by atoms with E-state index < -0.39 is 0 Å². The van der Waals surface area contributed by atoms with Gasteiger partial charge in [0.25, 0.3) is 0 Å². The van der Waals surface area contributed by atoms with E-state index in [0.29, 0.717) is 0 Å². The van der Waals surface area contributed by atoms with Gasteiger partial charge in [0.2, 0.25) is 0 Å². The molecular formula is C62H36O. The molecular weight excluding hydrogens is 761 g/mol.